The van der Waals surface area contributed by atoms with Crippen LogP contribution in [0.15, 0.2) is 29.6 Å². The number of aromatic nitrogens is 2. The normalized spacial score (nSPS) is 11.0. The number of amides is 1. The number of nitrogens with zero attached hydrogens (tertiary/aromatic N) is 2. The van der Waals surface area contributed by atoms with Crippen LogP contribution >= 0.6 is 46.3 Å². The molecule has 3 rings (SSSR count). The summed E-state index contributed by atoms with van der Waals surface area (Å²) in [6.45, 7) is 4.11. The van der Waals surface area contributed by atoms with E-state index in [2.05, 4.69) is 29.1 Å². The lowest BCUT2D eigenvalue weighted by Gasteiger charge is -2.07. The second-order valence-corrected chi connectivity index (χ2v) is 8.18. The number of carbonyl (C=O) groups excluding carboxylic acids is 1. The molecule has 124 valence electrons. The van der Waals surface area contributed by atoms with Crippen molar-refractivity contribution in [2.45, 2.75) is 18.9 Å². The number of hydrogen-bond acceptors (Lipinski definition) is 5. The van der Waals surface area contributed by atoms with Gasteiger partial charge in [0.2, 0.25) is 5.91 Å². The first-order valence-electron chi connectivity index (χ1n) is 7.03. The van der Waals surface area contributed by atoms with Crippen molar-refractivity contribution < 1.29 is 4.79 Å². The summed E-state index contributed by atoms with van der Waals surface area (Å²) in [5, 5.41) is 5.60. The molecule has 24 heavy (non-hydrogen) atoms. The maximum absolute atomic E-state index is 12.2. The number of rotatable bonds is 4. The SMILES string of the molecule is Cc1sc2ncnc(SCC(=O)Nc3cc(Cl)cc(Cl)c3)c2c1C. The summed E-state index contributed by atoms with van der Waals surface area (Å²) in [6, 6.07) is 4.93. The highest BCUT2D eigenvalue weighted by molar-refractivity contribution is 8.00. The first-order valence-corrected chi connectivity index (χ1v) is 9.59. The Morgan fingerprint density at radius 3 is 2.62 bits per heavy atom. The van der Waals surface area contributed by atoms with Crippen LogP contribution in [0.4, 0.5) is 5.69 Å². The van der Waals surface area contributed by atoms with Gasteiger partial charge < -0.3 is 5.32 Å². The molecular formula is C16H13Cl2N3OS2. The predicted molar refractivity (Wildman–Crippen MR) is 103 cm³/mol. The molecule has 0 radical (unpaired) electrons. The lowest BCUT2D eigenvalue weighted by Crippen LogP contribution is -2.14. The Morgan fingerprint density at radius 1 is 1.21 bits per heavy atom. The smallest absolute Gasteiger partial charge is 0.234 e. The van der Waals surface area contributed by atoms with E-state index in [0.717, 1.165) is 15.2 Å². The van der Waals surface area contributed by atoms with Gasteiger partial charge in [-0.3, -0.25) is 4.79 Å². The molecule has 0 fully saturated rings. The van der Waals surface area contributed by atoms with Gasteiger partial charge in [0.15, 0.2) is 0 Å². The summed E-state index contributed by atoms with van der Waals surface area (Å²) in [6.07, 6.45) is 1.54. The molecule has 1 amide bonds. The molecule has 0 unspecified atom stereocenters. The van der Waals surface area contributed by atoms with E-state index >= 15 is 0 Å². The van der Waals surface area contributed by atoms with Crippen molar-refractivity contribution >= 4 is 68.1 Å². The molecule has 0 aliphatic rings. The Balaban J connectivity index is 1.73. The zero-order valence-corrected chi connectivity index (χ0v) is 16.0. The van der Waals surface area contributed by atoms with Crippen LogP contribution in [0.2, 0.25) is 10.0 Å². The van der Waals surface area contributed by atoms with E-state index in [-0.39, 0.29) is 11.7 Å². The molecule has 4 nitrogen and oxygen atoms in total. The fourth-order valence-electron chi connectivity index (χ4n) is 2.22. The van der Waals surface area contributed by atoms with E-state index in [1.807, 2.05) is 0 Å². The monoisotopic (exact) mass is 397 g/mol. The van der Waals surface area contributed by atoms with Gasteiger partial charge in [-0.2, -0.15) is 0 Å². The molecule has 1 N–H and O–H groups in total. The number of fused-ring (bicyclic) bond motifs is 1. The molecule has 0 saturated carbocycles. The first-order chi connectivity index (χ1) is 11.4. The van der Waals surface area contributed by atoms with E-state index in [9.17, 15) is 4.79 Å². The summed E-state index contributed by atoms with van der Waals surface area (Å²) in [5.41, 5.74) is 1.74. The van der Waals surface area contributed by atoms with Crippen LogP contribution in [-0.4, -0.2) is 21.6 Å². The summed E-state index contributed by atoms with van der Waals surface area (Å²) in [4.78, 5) is 23.0. The molecule has 3 aromatic rings. The second-order valence-electron chi connectivity index (χ2n) is 5.14. The van der Waals surface area contributed by atoms with E-state index in [1.54, 1.807) is 29.5 Å². The lowest BCUT2D eigenvalue weighted by molar-refractivity contribution is -0.113. The number of nitrogens with one attached hydrogen (secondary N) is 1. The number of hydrogen-bond donors (Lipinski definition) is 1. The molecule has 8 heteroatoms. The van der Waals surface area contributed by atoms with Crippen molar-refractivity contribution in [1.82, 2.24) is 9.97 Å². The third kappa shape index (κ3) is 3.83. The molecule has 0 spiro atoms. The molecule has 0 aliphatic carbocycles. The van der Waals surface area contributed by atoms with Gasteiger partial charge >= 0.3 is 0 Å². The fraction of sp³-hybridized carbons (Fsp3) is 0.188. The largest absolute Gasteiger partial charge is 0.325 e. The number of anilines is 1. The van der Waals surface area contributed by atoms with Crippen molar-refractivity contribution in [3.05, 3.63) is 45.0 Å². The van der Waals surface area contributed by atoms with Crippen LogP contribution < -0.4 is 5.32 Å². The third-order valence-corrected chi connectivity index (χ3v) is 5.96. The van der Waals surface area contributed by atoms with E-state index in [4.69, 9.17) is 23.2 Å². The van der Waals surface area contributed by atoms with Gasteiger partial charge in [-0.25, -0.2) is 9.97 Å². The highest BCUT2D eigenvalue weighted by Gasteiger charge is 2.14. The van der Waals surface area contributed by atoms with Crippen LogP contribution in [0, 0.1) is 13.8 Å². The lowest BCUT2D eigenvalue weighted by atomic mass is 10.2. The molecule has 0 saturated heterocycles. The maximum Gasteiger partial charge on any atom is 0.234 e. The van der Waals surface area contributed by atoms with E-state index in [0.29, 0.717) is 15.7 Å². The Hall–Kier alpha value is -1.34. The minimum atomic E-state index is -0.144. The van der Waals surface area contributed by atoms with Crippen LogP contribution in [0.3, 0.4) is 0 Å². The summed E-state index contributed by atoms with van der Waals surface area (Å²) >= 11 is 14.9. The van der Waals surface area contributed by atoms with E-state index < -0.39 is 0 Å². The van der Waals surface area contributed by atoms with Crippen LogP contribution in [-0.2, 0) is 4.79 Å². The minimum Gasteiger partial charge on any atom is -0.325 e. The number of benzene rings is 1. The number of halogens is 2. The van der Waals surface area contributed by atoms with E-state index in [1.165, 1.54) is 28.5 Å². The van der Waals surface area contributed by atoms with Gasteiger partial charge in [0, 0.05) is 26.0 Å². The molecule has 2 heterocycles. The van der Waals surface area contributed by atoms with Gasteiger partial charge in [-0.05, 0) is 37.6 Å². The molecular weight excluding hydrogens is 385 g/mol. The average Bonchev–Trinajstić information content (AvgIpc) is 2.79. The number of aryl methyl sites for hydroxylation is 2. The number of thiophene rings is 1. The van der Waals surface area contributed by atoms with Crippen LogP contribution in [0.1, 0.15) is 10.4 Å². The fourth-order valence-corrected chi connectivity index (χ4v) is 4.66. The molecule has 0 aliphatic heterocycles. The third-order valence-electron chi connectivity index (χ3n) is 3.42. The summed E-state index contributed by atoms with van der Waals surface area (Å²) < 4.78 is 0. The second kappa shape index (κ2) is 7.27. The predicted octanol–water partition coefficient (Wildman–Crippen LogP) is 5.35. The van der Waals surface area contributed by atoms with Crippen molar-refractivity contribution in [2.75, 3.05) is 11.1 Å². The van der Waals surface area contributed by atoms with Gasteiger partial charge in [-0.15, -0.1) is 11.3 Å². The Kier molecular flexibility index (Phi) is 5.30. The maximum atomic E-state index is 12.2. The molecule has 1 aromatic carbocycles. The summed E-state index contributed by atoms with van der Waals surface area (Å²) in [7, 11) is 0. The van der Waals surface area contributed by atoms with Gasteiger partial charge in [0.05, 0.1) is 5.75 Å². The highest BCUT2D eigenvalue weighted by atomic mass is 35.5. The molecule has 0 atom stereocenters. The molecule has 0 bridgehead atoms. The van der Waals surface area contributed by atoms with Gasteiger partial charge in [-0.1, -0.05) is 35.0 Å². The zero-order valence-electron chi connectivity index (χ0n) is 12.9. The first kappa shape index (κ1) is 17.5. The Labute approximate surface area is 157 Å². The van der Waals surface area contributed by atoms with Gasteiger partial charge in [0.25, 0.3) is 0 Å². The average molecular weight is 398 g/mol. The quantitative estimate of drug-likeness (QED) is 0.476. The van der Waals surface area contributed by atoms with Gasteiger partial charge in [0.1, 0.15) is 16.2 Å². The Bertz CT molecular complexity index is 907. The number of thioether (sulfide) groups is 1. The minimum absolute atomic E-state index is 0.144. The zero-order chi connectivity index (χ0) is 17.3. The van der Waals surface area contributed by atoms with Crippen molar-refractivity contribution in [1.29, 1.82) is 0 Å². The highest BCUT2D eigenvalue weighted by Crippen LogP contribution is 2.34. The van der Waals surface area contributed by atoms with Crippen molar-refractivity contribution in [3.63, 3.8) is 0 Å². The van der Waals surface area contributed by atoms with Crippen LogP contribution in [0.25, 0.3) is 10.2 Å². The Morgan fingerprint density at radius 2 is 1.92 bits per heavy atom. The topological polar surface area (TPSA) is 54.9 Å². The number of carbonyl (C=O) groups is 1. The van der Waals surface area contributed by atoms with Crippen molar-refractivity contribution in [2.24, 2.45) is 0 Å². The molecule has 2 aromatic heterocycles. The standard InChI is InChI=1S/C16H13Cl2N3OS2/c1-8-9(2)24-16-14(8)15(19-7-20-16)23-6-13(22)21-12-4-10(17)3-11(18)5-12/h3-5,7H,6H2,1-2H3,(H,21,22). The van der Waals surface area contributed by atoms with Crippen LogP contribution in [0.5, 0.6) is 0 Å². The summed E-state index contributed by atoms with van der Waals surface area (Å²) in [5.74, 6) is 0.0969. The van der Waals surface area contributed by atoms with Crippen molar-refractivity contribution in [3.8, 4) is 0 Å².